The summed E-state index contributed by atoms with van der Waals surface area (Å²) >= 11 is 0. The molecule has 0 radical (unpaired) electrons. The van der Waals surface area contributed by atoms with Gasteiger partial charge in [-0.1, -0.05) is 36.4 Å². The van der Waals surface area contributed by atoms with Crippen molar-refractivity contribution >= 4 is 11.6 Å². The number of nitrogens with one attached hydrogen (secondary N) is 1. The maximum absolute atomic E-state index is 13.2. The molecule has 150 valence electrons. The maximum Gasteiger partial charge on any atom is 0.256 e. The Bertz CT molecular complexity index is 1020. The molecule has 3 aromatic carbocycles. The smallest absolute Gasteiger partial charge is 0.256 e. The molecule has 0 saturated carbocycles. The summed E-state index contributed by atoms with van der Waals surface area (Å²) in [6, 6.07) is 18.2. The molecule has 3 rings (SSSR count). The van der Waals surface area contributed by atoms with Crippen LogP contribution in [-0.2, 0) is 0 Å². The Morgan fingerprint density at radius 3 is 1.90 bits per heavy atom. The normalized spacial score (nSPS) is 10.2. The largest absolute Gasteiger partial charge is 0.493 e. The van der Waals surface area contributed by atoms with Crippen molar-refractivity contribution in [2.24, 2.45) is 0 Å². The first-order valence-corrected chi connectivity index (χ1v) is 8.97. The van der Waals surface area contributed by atoms with Gasteiger partial charge < -0.3 is 24.3 Å². The van der Waals surface area contributed by atoms with Crippen LogP contribution in [0.2, 0.25) is 0 Å². The topological polar surface area (TPSA) is 66.0 Å². The van der Waals surface area contributed by atoms with Gasteiger partial charge >= 0.3 is 0 Å². The molecule has 3 aromatic rings. The highest BCUT2D eigenvalue weighted by Gasteiger charge is 2.19. The van der Waals surface area contributed by atoms with Crippen LogP contribution in [0.25, 0.3) is 11.1 Å². The Kier molecular flexibility index (Phi) is 6.24. The molecule has 0 heterocycles. The van der Waals surface area contributed by atoms with Crippen molar-refractivity contribution in [1.29, 1.82) is 0 Å². The number of rotatable bonds is 7. The van der Waals surface area contributed by atoms with Crippen molar-refractivity contribution < 1.29 is 23.7 Å². The van der Waals surface area contributed by atoms with E-state index in [9.17, 15) is 4.79 Å². The van der Waals surface area contributed by atoms with Crippen LogP contribution in [0.4, 0.5) is 5.69 Å². The van der Waals surface area contributed by atoms with Gasteiger partial charge in [0.1, 0.15) is 0 Å². The second kappa shape index (κ2) is 9.01. The molecule has 0 aliphatic carbocycles. The molecule has 0 atom stereocenters. The number of ether oxygens (including phenoxy) is 4. The molecule has 0 aliphatic rings. The van der Waals surface area contributed by atoms with E-state index in [0.29, 0.717) is 34.2 Å². The minimum atomic E-state index is -0.281. The molecular formula is C23H23NO5. The van der Waals surface area contributed by atoms with E-state index in [1.54, 1.807) is 45.6 Å². The number of carbonyl (C=O) groups is 1. The molecule has 0 fully saturated rings. The third kappa shape index (κ3) is 3.96. The first-order valence-electron chi connectivity index (χ1n) is 8.97. The van der Waals surface area contributed by atoms with Crippen LogP contribution in [0.1, 0.15) is 10.4 Å². The minimum absolute atomic E-state index is 0.281. The van der Waals surface area contributed by atoms with Crippen molar-refractivity contribution in [1.82, 2.24) is 0 Å². The highest BCUT2D eigenvalue weighted by Crippen LogP contribution is 2.40. The highest BCUT2D eigenvalue weighted by atomic mass is 16.5. The summed E-state index contributed by atoms with van der Waals surface area (Å²) in [4.78, 5) is 13.2. The molecule has 29 heavy (non-hydrogen) atoms. The summed E-state index contributed by atoms with van der Waals surface area (Å²) in [6.45, 7) is 0. The zero-order valence-electron chi connectivity index (χ0n) is 16.8. The van der Waals surface area contributed by atoms with Crippen LogP contribution in [-0.4, -0.2) is 34.3 Å². The molecule has 0 spiro atoms. The van der Waals surface area contributed by atoms with Gasteiger partial charge in [0.05, 0.1) is 34.1 Å². The third-order valence-electron chi connectivity index (χ3n) is 4.52. The van der Waals surface area contributed by atoms with Gasteiger partial charge in [-0.15, -0.1) is 0 Å². The van der Waals surface area contributed by atoms with Crippen LogP contribution in [0.15, 0.2) is 60.7 Å². The standard InChI is InChI=1S/C23H23NO5/c1-26-19-13-7-11-16(21(19)28-3)15-9-5-6-10-17(15)23(25)24-18-12-8-14-20(27-2)22(18)29-4/h5-14H,1-4H3,(H,24,25). The fourth-order valence-electron chi connectivity index (χ4n) is 3.19. The second-order valence-corrected chi connectivity index (χ2v) is 6.08. The van der Waals surface area contributed by atoms with Gasteiger partial charge in [0.2, 0.25) is 0 Å². The number of anilines is 1. The Morgan fingerprint density at radius 1 is 0.655 bits per heavy atom. The predicted octanol–water partition coefficient (Wildman–Crippen LogP) is 4.64. The molecule has 0 bridgehead atoms. The summed E-state index contributed by atoms with van der Waals surface area (Å²) in [7, 11) is 6.23. The van der Waals surface area contributed by atoms with Crippen LogP contribution >= 0.6 is 0 Å². The lowest BCUT2D eigenvalue weighted by molar-refractivity contribution is 0.102. The molecule has 0 aromatic heterocycles. The van der Waals surface area contributed by atoms with Crippen molar-refractivity contribution in [2.75, 3.05) is 33.8 Å². The summed E-state index contributed by atoms with van der Waals surface area (Å²) in [6.07, 6.45) is 0. The second-order valence-electron chi connectivity index (χ2n) is 6.08. The van der Waals surface area contributed by atoms with Crippen LogP contribution in [0.5, 0.6) is 23.0 Å². The van der Waals surface area contributed by atoms with Gasteiger partial charge in [-0.25, -0.2) is 0 Å². The molecule has 6 nitrogen and oxygen atoms in total. The van der Waals surface area contributed by atoms with Gasteiger partial charge in [0.15, 0.2) is 23.0 Å². The van der Waals surface area contributed by atoms with Crippen LogP contribution < -0.4 is 24.3 Å². The number of benzene rings is 3. The summed E-state index contributed by atoms with van der Waals surface area (Å²) in [5, 5.41) is 2.91. The number of hydrogen-bond acceptors (Lipinski definition) is 5. The van der Waals surface area contributed by atoms with Crippen molar-refractivity contribution in [3.8, 4) is 34.1 Å². The van der Waals surface area contributed by atoms with Crippen molar-refractivity contribution in [2.45, 2.75) is 0 Å². The van der Waals surface area contributed by atoms with E-state index in [0.717, 1.165) is 11.1 Å². The first-order chi connectivity index (χ1) is 14.1. The van der Waals surface area contributed by atoms with Gasteiger partial charge in [-0.2, -0.15) is 0 Å². The fourth-order valence-corrected chi connectivity index (χ4v) is 3.19. The molecule has 6 heteroatoms. The Balaban J connectivity index is 2.04. The quantitative estimate of drug-likeness (QED) is 0.633. The van der Waals surface area contributed by atoms with Gasteiger partial charge in [-0.3, -0.25) is 4.79 Å². The third-order valence-corrected chi connectivity index (χ3v) is 4.52. The lowest BCUT2D eigenvalue weighted by Gasteiger charge is -2.17. The number of hydrogen-bond donors (Lipinski definition) is 1. The van der Waals surface area contributed by atoms with Gasteiger partial charge in [-0.05, 0) is 29.8 Å². The summed E-state index contributed by atoms with van der Waals surface area (Å²) in [5.74, 6) is 1.87. The number of amides is 1. The monoisotopic (exact) mass is 393 g/mol. The first kappa shape index (κ1) is 20.1. The molecule has 0 unspecified atom stereocenters. The average molecular weight is 393 g/mol. The van der Waals surface area contributed by atoms with E-state index in [4.69, 9.17) is 18.9 Å². The minimum Gasteiger partial charge on any atom is -0.493 e. The number of para-hydroxylation sites is 2. The highest BCUT2D eigenvalue weighted by molar-refractivity contribution is 6.10. The summed E-state index contributed by atoms with van der Waals surface area (Å²) < 4.78 is 21.7. The summed E-state index contributed by atoms with van der Waals surface area (Å²) in [5.41, 5.74) is 2.49. The Morgan fingerprint density at radius 2 is 1.24 bits per heavy atom. The van der Waals surface area contributed by atoms with E-state index >= 15 is 0 Å². The van der Waals surface area contributed by atoms with Gasteiger partial charge in [0.25, 0.3) is 5.91 Å². The van der Waals surface area contributed by atoms with Crippen LogP contribution in [0.3, 0.4) is 0 Å². The SMILES string of the molecule is COc1cccc(NC(=O)c2ccccc2-c2cccc(OC)c2OC)c1OC. The fraction of sp³-hybridized carbons (Fsp3) is 0.174. The van der Waals surface area contributed by atoms with E-state index in [2.05, 4.69) is 5.32 Å². The Labute approximate surface area is 170 Å². The maximum atomic E-state index is 13.2. The van der Waals surface area contributed by atoms with Crippen LogP contribution in [0, 0.1) is 0 Å². The van der Waals surface area contributed by atoms with E-state index in [-0.39, 0.29) is 5.91 Å². The van der Waals surface area contributed by atoms with Crippen molar-refractivity contribution in [3.05, 3.63) is 66.2 Å². The number of methoxy groups -OCH3 is 4. The van der Waals surface area contributed by atoms with E-state index in [1.165, 1.54) is 7.11 Å². The van der Waals surface area contributed by atoms with Gasteiger partial charge in [0, 0.05) is 11.1 Å². The predicted molar refractivity (Wildman–Crippen MR) is 112 cm³/mol. The van der Waals surface area contributed by atoms with E-state index in [1.807, 2.05) is 36.4 Å². The zero-order valence-corrected chi connectivity index (χ0v) is 16.8. The number of carbonyl (C=O) groups excluding carboxylic acids is 1. The zero-order chi connectivity index (χ0) is 20.8. The molecule has 0 saturated heterocycles. The molecular weight excluding hydrogens is 370 g/mol. The molecule has 0 aliphatic heterocycles. The lowest BCUT2D eigenvalue weighted by atomic mass is 9.98. The molecule has 1 amide bonds. The Hall–Kier alpha value is -3.67. The lowest BCUT2D eigenvalue weighted by Crippen LogP contribution is -2.14. The van der Waals surface area contributed by atoms with Crippen molar-refractivity contribution in [3.63, 3.8) is 0 Å². The molecule has 1 N–H and O–H groups in total. The van der Waals surface area contributed by atoms with E-state index < -0.39 is 0 Å². The average Bonchev–Trinajstić information content (AvgIpc) is 2.78.